The fourth-order valence-electron chi connectivity index (χ4n) is 2.56. The van der Waals surface area contributed by atoms with Crippen molar-refractivity contribution in [2.45, 2.75) is 5.92 Å². The van der Waals surface area contributed by atoms with Gasteiger partial charge in [-0.15, -0.1) is 0 Å². The fraction of sp³-hybridized carbons (Fsp3) is 0.0476. The van der Waals surface area contributed by atoms with Crippen molar-refractivity contribution in [1.29, 1.82) is 0 Å². The highest BCUT2D eigenvalue weighted by atomic mass is 79.9. The Bertz CT molecular complexity index is 738. The lowest BCUT2D eigenvalue weighted by Gasteiger charge is -2.15. The molecule has 0 bridgehead atoms. The molecule has 0 unspecified atom stereocenters. The molecule has 3 aromatic rings. The predicted molar refractivity (Wildman–Crippen MR) is 103 cm³/mol. The molecule has 0 amide bonds. The van der Waals surface area contributed by atoms with E-state index >= 15 is 0 Å². The lowest BCUT2D eigenvalue weighted by atomic mass is 9.90. The summed E-state index contributed by atoms with van der Waals surface area (Å²) >= 11 is 9.70. The van der Waals surface area contributed by atoms with Gasteiger partial charge in [0.1, 0.15) is 0 Å². The summed E-state index contributed by atoms with van der Waals surface area (Å²) in [6, 6.07) is 28.9. The molecule has 2 heteroatoms. The smallest absolute Gasteiger partial charge is 0.0406 e. The Morgan fingerprint density at radius 3 is 1.70 bits per heavy atom. The Labute approximate surface area is 150 Å². The van der Waals surface area contributed by atoms with Crippen molar-refractivity contribution in [1.82, 2.24) is 0 Å². The van der Waals surface area contributed by atoms with Crippen molar-refractivity contribution in [3.05, 3.63) is 113 Å². The zero-order chi connectivity index (χ0) is 16.1. The van der Waals surface area contributed by atoms with Gasteiger partial charge in [0.25, 0.3) is 0 Å². The van der Waals surface area contributed by atoms with Gasteiger partial charge in [0.05, 0.1) is 0 Å². The van der Waals surface area contributed by atoms with Crippen molar-refractivity contribution in [2.24, 2.45) is 0 Å². The van der Waals surface area contributed by atoms with Crippen LogP contribution in [0.3, 0.4) is 0 Å². The number of hydrogen-bond acceptors (Lipinski definition) is 0. The first-order chi connectivity index (χ1) is 11.2. The minimum Gasteiger partial charge on any atom is -0.0843 e. The number of halogens is 2. The second-order valence-corrected chi connectivity index (χ2v) is 6.61. The van der Waals surface area contributed by atoms with E-state index in [1.165, 1.54) is 11.1 Å². The first-order valence-corrected chi connectivity index (χ1v) is 8.64. The molecule has 0 saturated heterocycles. The molecule has 0 heterocycles. The van der Waals surface area contributed by atoms with Crippen LogP contribution in [-0.2, 0) is 0 Å². The maximum absolute atomic E-state index is 5.98. The minimum absolute atomic E-state index is 0.197. The molecule has 23 heavy (non-hydrogen) atoms. The zero-order valence-corrected chi connectivity index (χ0v) is 14.8. The van der Waals surface area contributed by atoms with Crippen LogP contribution >= 0.6 is 27.5 Å². The Morgan fingerprint density at radius 2 is 1.22 bits per heavy atom. The molecular formula is C21H16BrCl. The van der Waals surface area contributed by atoms with Gasteiger partial charge in [-0.2, -0.15) is 0 Å². The maximum Gasteiger partial charge on any atom is 0.0406 e. The molecule has 0 aromatic heterocycles. The van der Waals surface area contributed by atoms with Gasteiger partial charge >= 0.3 is 0 Å². The van der Waals surface area contributed by atoms with Crippen molar-refractivity contribution >= 4 is 32.0 Å². The third-order valence-corrected chi connectivity index (χ3v) is 4.72. The molecule has 3 aromatic carbocycles. The van der Waals surface area contributed by atoms with E-state index in [-0.39, 0.29) is 5.92 Å². The fourth-order valence-corrected chi connectivity index (χ4v) is 3.21. The Morgan fingerprint density at radius 1 is 0.739 bits per heavy atom. The van der Waals surface area contributed by atoms with Gasteiger partial charge in [-0.3, -0.25) is 0 Å². The standard InChI is InChI=1S/C21H16BrCl/c22-21(18-11-13-19(23)14-12-18)15-20(16-7-3-1-4-8-16)17-9-5-2-6-10-17/h1-15,20H/b21-15+. The second kappa shape index (κ2) is 7.63. The minimum atomic E-state index is 0.197. The summed E-state index contributed by atoms with van der Waals surface area (Å²) in [4.78, 5) is 0. The monoisotopic (exact) mass is 382 g/mol. The van der Waals surface area contributed by atoms with Gasteiger partial charge < -0.3 is 0 Å². The molecule has 0 nitrogen and oxygen atoms in total. The first kappa shape index (κ1) is 16.0. The number of benzene rings is 3. The molecule has 0 aliphatic carbocycles. The van der Waals surface area contributed by atoms with Crippen molar-refractivity contribution in [2.75, 3.05) is 0 Å². The molecule has 0 spiro atoms. The molecular weight excluding hydrogens is 368 g/mol. The molecule has 114 valence electrons. The SMILES string of the molecule is Clc1ccc(/C(Br)=C\C(c2ccccc2)c2ccccc2)cc1. The quantitative estimate of drug-likeness (QED) is 0.459. The van der Waals surface area contributed by atoms with Gasteiger partial charge in [-0.05, 0) is 28.8 Å². The third kappa shape index (κ3) is 4.13. The van der Waals surface area contributed by atoms with Crippen LogP contribution in [-0.4, -0.2) is 0 Å². The molecule has 0 atom stereocenters. The average Bonchev–Trinajstić information content (AvgIpc) is 2.61. The van der Waals surface area contributed by atoms with E-state index in [1.54, 1.807) is 0 Å². The van der Waals surface area contributed by atoms with Crippen molar-refractivity contribution < 1.29 is 0 Å². The summed E-state index contributed by atoms with van der Waals surface area (Å²) < 4.78 is 1.06. The van der Waals surface area contributed by atoms with Crippen LogP contribution in [0.5, 0.6) is 0 Å². The largest absolute Gasteiger partial charge is 0.0843 e. The molecule has 0 radical (unpaired) electrons. The Hall–Kier alpha value is -1.83. The van der Waals surface area contributed by atoms with Gasteiger partial charge in [0, 0.05) is 15.4 Å². The number of rotatable bonds is 4. The van der Waals surface area contributed by atoms with E-state index in [1.807, 2.05) is 36.4 Å². The van der Waals surface area contributed by atoms with Gasteiger partial charge in [0.15, 0.2) is 0 Å². The average molecular weight is 384 g/mol. The van der Waals surface area contributed by atoms with Crippen LogP contribution in [0.25, 0.3) is 4.48 Å². The lowest BCUT2D eigenvalue weighted by Crippen LogP contribution is -1.98. The van der Waals surface area contributed by atoms with Gasteiger partial charge in [-0.25, -0.2) is 0 Å². The summed E-state index contributed by atoms with van der Waals surface area (Å²) in [6.07, 6.45) is 2.24. The molecule has 0 N–H and O–H groups in total. The maximum atomic E-state index is 5.98. The number of hydrogen-bond donors (Lipinski definition) is 0. The van der Waals surface area contributed by atoms with Crippen LogP contribution in [0.15, 0.2) is 91.0 Å². The van der Waals surface area contributed by atoms with Crippen LogP contribution in [0, 0.1) is 0 Å². The normalized spacial score (nSPS) is 11.7. The van der Waals surface area contributed by atoms with Crippen LogP contribution in [0.1, 0.15) is 22.6 Å². The molecule has 0 aliphatic rings. The van der Waals surface area contributed by atoms with E-state index in [4.69, 9.17) is 11.6 Å². The van der Waals surface area contributed by atoms with E-state index < -0.39 is 0 Å². The summed E-state index contributed by atoms with van der Waals surface area (Å²) in [5, 5.41) is 0.747. The van der Waals surface area contributed by atoms with E-state index in [9.17, 15) is 0 Å². The Balaban J connectivity index is 2.02. The second-order valence-electron chi connectivity index (χ2n) is 5.32. The highest BCUT2D eigenvalue weighted by Gasteiger charge is 2.12. The summed E-state index contributed by atoms with van der Waals surface area (Å²) in [7, 11) is 0. The Kier molecular flexibility index (Phi) is 5.32. The highest BCUT2D eigenvalue weighted by molar-refractivity contribution is 9.15. The number of allylic oxidation sites excluding steroid dienone is 1. The zero-order valence-electron chi connectivity index (χ0n) is 12.5. The van der Waals surface area contributed by atoms with Gasteiger partial charge in [0.2, 0.25) is 0 Å². The van der Waals surface area contributed by atoms with E-state index in [2.05, 4.69) is 70.5 Å². The summed E-state index contributed by atoms with van der Waals surface area (Å²) in [6.45, 7) is 0. The van der Waals surface area contributed by atoms with E-state index in [0.717, 1.165) is 15.1 Å². The van der Waals surface area contributed by atoms with Crippen LogP contribution in [0.4, 0.5) is 0 Å². The highest BCUT2D eigenvalue weighted by Crippen LogP contribution is 2.32. The molecule has 0 saturated carbocycles. The van der Waals surface area contributed by atoms with Crippen molar-refractivity contribution in [3.8, 4) is 0 Å². The van der Waals surface area contributed by atoms with E-state index in [0.29, 0.717) is 0 Å². The lowest BCUT2D eigenvalue weighted by molar-refractivity contribution is 1.03. The summed E-state index contributed by atoms with van der Waals surface area (Å²) in [5.74, 6) is 0.197. The molecule has 0 aliphatic heterocycles. The van der Waals surface area contributed by atoms with Crippen LogP contribution in [0.2, 0.25) is 5.02 Å². The topological polar surface area (TPSA) is 0 Å². The summed E-state index contributed by atoms with van der Waals surface area (Å²) in [5.41, 5.74) is 3.65. The molecule has 0 fully saturated rings. The third-order valence-electron chi connectivity index (χ3n) is 3.75. The van der Waals surface area contributed by atoms with Crippen molar-refractivity contribution in [3.63, 3.8) is 0 Å². The predicted octanol–water partition coefficient (Wildman–Crippen LogP) is 6.91. The van der Waals surface area contributed by atoms with Gasteiger partial charge in [-0.1, -0.05) is 106 Å². The molecule has 3 rings (SSSR count). The van der Waals surface area contributed by atoms with Crippen LogP contribution < -0.4 is 0 Å². The first-order valence-electron chi connectivity index (χ1n) is 7.47.